The third-order valence-corrected chi connectivity index (χ3v) is 6.09. The fraction of sp³-hybridized carbons (Fsp3) is 0.588. The van der Waals surface area contributed by atoms with Crippen LogP contribution >= 0.6 is 0 Å². The average Bonchev–Trinajstić information content (AvgIpc) is 2.52. The Hall–Kier alpha value is -1.40. The van der Waals surface area contributed by atoms with Gasteiger partial charge in [0.05, 0.1) is 12.2 Å². The molecule has 1 atom stereocenters. The molecule has 1 unspecified atom stereocenters. The van der Waals surface area contributed by atoms with Crippen LogP contribution < -0.4 is 4.90 Å². The van der Waals surface area contributed by atoms with Gasteiger partial charge in [-0.25, -0.2) is 12.7 Å². The smallest absolute Gasteiger partial charge is 0.231 e. The van der Waals surface area contributed by atoms with E-state index < -0.39 is 10.0 Å². The summed E-state index contributed by atoms with van der Waals surface area (Å²) in [5.74, 6) is -0.158. The van der Waals surface area contributed by atoms with Crippen LogP contribution in [0.5, 0.6) is 0 Å². The molecule has 0 N–H and O–H groups in total. The summed E-state index contributed by atoms with van der Waals surface area (Å²) in [5, 5.41) is 0. The Morgan fingerprint density at radius 1 is 1.22 bits per heavy atom. The zero-order chi connectivity index (χ0) is 16.6. The van der Waals surface area contributed by atoms with Gasteiger partial charge in [-0.2, -0.15) is 0 Å². The Balaban J connectivity index is 1.82. The number of anilines is 1. The van der Waals surface area contributed by atoms with Gasteiger partial charge in [-0.3, -0.25) is 4.79 Å². The molecule has 1 fully saturated rings. The second-order valence-electron chi connectivity index (χ2n) is 6.69. The number of rotatable bonds is 2. The van der Waals surface area contributed by atoms with Crippen LogP contribution in [0.1, 0.15) is 30.4 Å². The first kappa shape index (κ1) is 16.5. The number of sulfonamides is 1. The molecule has 2 heterocycles. The van der Waals surface area contributed by atoms with E-state index in [1.54, 1.807) is 0 Å². The maximum atomic E-state index is 13.0. The second kappa shape index (κ2) is 6.24. The van der Waals surface area contributed by atoms with Gasteiger partial charge in [-0.15, -0.1) is 0 Å². The van der Waals surface area contributed by atoms with Crippen molar-refractivity contribution >= 4 is 21.6 Å². The summed E-state index contributed by atoms with van der Waals surface area (Å²) >= 11 is 0. The zero-order valence-corrected chi connectivity index (χ0v) is 14.6. The summed E-state index contributed by atoms with van der Waals surface area (Å²) in [5.41, 5.74) is 3.43. The molecular weight excluding hydrogens is 312 g/mol. The highest BCUT2D eigenvalue weighted by Crippen LogP contribution is 2.31. The molecule has 3 rings (SSSR count). The van der Waals surface area contributed by atoms with Crippen LogP contribution in [-0.4, -0.2) is 44.5 Å². The second-order valence-corrected chi connectivity index (χ2v) is 8.67. The molecule has 0 aromatic heterocycles. The van der Waals surface area contributed by atoms with Gasteiger partial charge in [0.25, 0.3) is 0 Å². The molecule has 2 aliphatic heterocycles. The van der Waals surface area contributed by atoms with Gasteiger partial charge >= 0.3 is 0 Å². The molecule has 0 spiro atoms. The topological polar surface area (TPSA) is 57.7 Å². The third-order valence-electron chi connectivity index (χ3n) is 4.82. The predicted molar refractivity (Wildman–Crippen MR) is 91.0 cm³/mol. The van der Waals surface area contributed by atoms with Crippen LogP contribution in [0.4, 0.5) is 5.69 Å². The largest absolute Gasteiger partial charge is 0.312 e. The van der Waals surface area contributed by atoms with Crippen molar-refractivity contribution in [1.29, 1.82) is 0 Å². The van der Waals surface area contributed by atoms with E-state index in [4.69, 9.17) is 0 Å². The molecule has 0 bridgehead atoms. The van der Waals surface area contributed by atoms with Gasteiger partial charge in [0, 0.05) is 25.3 Å². The summed E-state index contributed by atoms with van der Waals surface area (Å²) in [6, 6.07) is 6.21. The molecule has 5 nitrogen and oxygen atoms in total. The molecule has 1 aromatic carbocycles. The van der Waals surface area contributed by atoms with Gasteiger partial charge in [-0.1, -0.05) is 17.7 Å². The molecule has 23 heavy (non-hydrogen) atoms. The highest BCUT2D eigenvalue weighted by atomic mass is 32.2. The van der Waals surface area contributed by atoms with Crippen molar-refractivity contribution in [2.75, 3.05) is 30.8 Å². The van der Waals surface area contributed by atoms with Crippen molar-refractivity contribution < 1.29 is 13.2 Å². The van der Waals surface area contributed by atoms with E-state index >= 15 is 0 Å². The van der Waals surface area contributed by atoms with Gasteiger partial charge in [0.1, 0.15) is 0 Å². The van der Waals surface area contributed by atoms with Crippen molar-refractivity contribution in [2.45, 2.75) is 32.6 Å². The maximum Gasteiger partial charge on any atom is 0.231 e. The Morgan fingerprint density at radius 3 is 2.74 bits per heavy atom. The van der Waals surface area contributed by atoms with Gasteiger partial charge in [0.15, 0.2) is 0 Å². The first-order chi connectivity index (χ1) is 10.9. The van der Waals surface area contributed by atoms with E-state index in [1.165, 1.54) is 21.7 Å². The number of fused-ring (bicyclic) bond motifs is 1. The fourth-order valence-electron chi connectivity index (χ4n) is 3.62. The number of amides is 1. The number of nitrogens with zero attached hydrogens (tertiary/aromatic N) is 2. The number of carbonyl (C=O) groups is 1. The predicted octanol–water partition coefficient (Wildman–Crippen LogP) is 1.95. The van der Waals surface area contributed by atoms with Gasteiger partial charge in [-0.05, 0) is 44.2 Å². The Morgan fingerprint density at radius 2 is 2.00 bits per heavy atom. The lowest BCUT2D eigenvalue weighted by Gasteiger charge is -2.36. The third kappa shape index (κ3) is 3.43. The van der Waals surface area contributed by atoms with E-state index in [0.717, 1.165) is 37.9 Å². The van der Waals surface area contributed by atoms with Crippen LogP contribution in [0.15, 0.2) is 18.2 Å². The van der Waals surface area contributed by atoms with Crippen molar-refractivity contribution in [3.05, 3.63) is 29.3 Å². The molecule has 1 aromatic rings. The van der Waals surface area contributed by atoms with E-state index in [9.17, 15) is 13.2 Å². The first-order valence-electron chi connectivity index (χ1n) is 8.22. The number of carbonyl (C=O) groups excluding carboxylic acids is 1. The Bertz CT molecular complexity index is 715. The number of benzene rings is 1. The number of aryl methyl sites for hydroxylation is 2. The Kier molecular flexibility index (Phi) is 4.47. The molecule has 0 saturated carbocycles. The number of hydrogen-bond donors (Lipinski definition) is 0. The number of piperidine rings is 1. The minimum absolute atomic E-state index is 0.0724. The van der Waals surface area contributed by atoms with Crippen molar-refractivity contribution in [1.82, 2.24) is 4.31 Å². The molecule has 126 valence electrons. The highest BCUT2D eigenvalue weighted by Gasteiger charge is 2.34. The fourth-order valence-corrected chi connectivity index (χ4v) is 4.53. The van der Waals surface area contributed by atoms with Crippen LogP contribution in [0.3, 0.4) is 0 Å². The molecular formula is C17H24N2O3S. The lowest BCUT2D eigenvalue weighted by Crippen LogP contribution is -2.47. The number of hydrogen-bond acceptors (Lipinski definition) is 3. The lowest BCUT2D eigenvalue weighted by molar-refractivity contribution is -0.123. The summed E-state index contributed by atoms with van der Waals surface area (Å²) in [4.78, 5) is 14.8. The normalized spacial score (nSPS) is 22.7. The van der Waals surface area contributed by atoms with Crippen LogP contribution in [-0.2, 0) is 21.2 Å². The SMILES string of the molecule is Cc1ccc2c(c1)CCCN2C(=O)C1CCCN(S(C)(=O)=O)C1. The summed E-state index contributed by atoms with van der Waals surface area (Å²) < 4.78 is 25.0. The van der Waals surface area contributed by atoms with Crippen molar-refractivity contribution in [3.63, 3.8) is 0 Å². The van der Waals surface area contributed by atoms with Crippen LogP contribution in [0.25, 0.3) is 0 Å². The molecule has 6 heteroatoms. The monoisotopic (exact) mass is 336 g/mol. The average molecular weight is 336 g/mol. The summed E-state index contributed by atoms with van der Waals surface area (Å²) in [6.45, 7) is 3.63. The highest BCUT2D eigenvalue weighted by molar-refractivity contribution is 7.88. The molecule has 0 aliphatic carbocycles. The van der Waals surface area contributed by atoms with Crippen LogP contribution in [0, 0.1) is 12.8 Å². The first-order valence-corrected chi connectivity index (χ1v) is 10.1. The van der Waals surface area contributed by atoms with Crippen molar-refractivity contribution in [3.8, 4) is 0 Å². The van der Waals surface area contributed by atoms with E-state index in [-0.39, 0.29) is 11.8 Å². The maximum absolute atomic E-state index is 13.0. The zero-order valence-electron chi connectivity index (χ0n) is 13.8. The molecule has 1 amide bonds. The molecule has 1 saturated heterocycles. The van der Waals surface area contributed by atoms with E-state index in [2.05, 4.69) is 13.0 Å². The van der Waals surface area contributed by atoms with Gasteiger partial charge in [0.2, 0.25) is 15.9 Å². The summed E-state index contributed by atoms with van der Waals surface area (Å²) in [7, 11) is -3.23. The minimum Gasteiger partial charge on any atom is -0.312 e. The standard InChI is InChI=1S/C17H24N2O3S/c1-13-7-8-16-14(11-13)5-4-10-19(16)17(20)15-6-3-9-18(12-15)23(2,21)22/h7-8,11,15H,3-6,9-10,12H2,1-2H3. The Labute approximate surface area is 138 Å². The van der Waals surface area contributed by atoms with Crippen LogP contribution in [0.2, 0.25) is 0 Å². The minimum atomic E-state index is -3.23. The van der Waals surface area contributed by atoms with Crippen molar-refractivity contribution in [2.24, 2.45) is 5.92 Å². The van der Waals surface area contributed by atoms with E-state index in [1.807, 2.05) is 17.0 Å². The summed E-state index contributed by atoms with van der Waals surface area (Å²) in [6.07, 6.45) is 4.70. The van der Waals surface area contributed by atoms with E-state index in [0.29, 0.717) is 13.1 Å². The molecule has 0 radical (unpaired) electrons. The van der Waals surface area contributed by atoms with Gasteiger partial charge < -0.3 is 4.90 Å². The lowest BCUT2D eigenvalue weighted by atomic mass is 9.94. The molecule has 2 aliphatic rings. The quantitative estimate of drug-likeness (QED) is 0.829.